The Morgan fingerprint density at radius 1 is 0.298 bits per heavy atom. The van der Waals surface area contributed by atoms with Crippen molar-refractivity contribution >= 4 is 39.5 Å². The van der Waals surface area contributed by atoms with Gasteiger partial charge in [0.2, 0.25) is 0 Å². The summed E-state index contributed by atoms with van der Waals surface area (Å²) in [5.74, 6) is 0.932. The van der Waals surface area contributed by atoms with Crippen molar-refractivity contribution in [2.24, 2.45) is 23.7 Å². The third-order valence-corrected chi connectivity index (χ3v) is 19.6. The van der Waals surface area contributed by atoms with Crippen LogP contribution < -0.4 is 0 Å². The number of ether oxygens (including phenoxy) is 4. The normalized spacial score (nSPS) is 14.4. The van der Waals surface area contributed by atoms with Crippen molar-refractivity contribution in [2.45, 2.75) is 395 Å². The monoisotopic (exact) mass is 1380 g/mol. The van der Waals surface area contributed by atoms with Gasteiger partial charge in [0.15, 0.2) is 12.2 Å². The Morgan fingerprint density at radius 2 is 0.511 bits per heavy atom. The maximum atomic E-state index is 13.1. The molecule has 0 heterocycles. The lowest BCUT2D eigenvalue weighted by Gasteiger charge is -2.21. The molecule has 3 N–H and O–H groups in total. The molecule has 17 nitrogen and oxygen atoms in total. The molecule has 0 bridgehead atoms. The van der Waals surface area contributed by atoms with Crippen LogP contribution in [0.5, 0.6) is 0 Å². The van der Waals surface area contributed by atoms with Crippen LogP contribution in [0, 0.1) is 23.7 Å². The average Bonchev–Trinajstić information content (AvgIpc) is 1.18. The van der Waals surface area contributed by atoms with Gasteiger partial charge in [0.05, 0.1) is 26.4 Å². The minimum Gasteiger partial charge on any atom is -0.462 e. The lowest BCUT2D eigenvalue weighted by atomic mass is 10.00. The third-order valence-electron chi connectivity index (χ3n) is 17.7. The van der Waals surface area contributed by atoms with Gasteiger partial charge >= 0.3 is 39.5 Å². The summed E-state index contributed by atoms with van der Waals surface area (Å²) in [5.41, 5.74) is 0. The van der Waals surface area contributed by atoms with Crippen molar-refractivity contribution in [3.05, 3.63) is 0 Å². The summed E-state index contributed by atoms with van der Waals surface area (Å²) in [6, 6.07) is 0. The van der Waals surface area contributed by atoms with Crippen LogP contribution in [0.4, 0.5) is 0 Å². The van der Waals surface area contributed by atoms with Crippen LogP contribution >= 0.6 is 15.6 Å². The summed E-state index contributed by atoms with van der Waals surface area (Å²) in [6.07, 6.45) is 48.5. The van der Waals surface area contributed by atoms with Gasteiger partial charge in [-0.25, -0.2) is 9.13 Å². The van der Waals surface area contributed by atoms with Crippen molar-refractivity contribution < 1.29 is 80.2 Å². The Kier molecular flexibility index (Phi) is 63.1. The van der Waals surface area contributed by atoms with Crippen molar-refractivity contribution in [3.8, 4) is 0 Å². The molecule has 0 rings (SSSR count). The summed E-state index contributed by atoms with van der Waals surface area (Å²) in [7, 11) is -9.91. The maximum Gasteiger partial charge on any atom is 0.472 e. The summed E-state index contributed by atoms with van der Waals surface area (Å²) in [5, 5.41) is 10.6. The van der Waals surface area contributed by atoms with Gasteiger partial charge < -0.3 is 33.8 Å². The number of esters is 4. The molecule has 0 aromatic heterocycles. The van der Waals surface area contributed by atoms with E-state index in [0.29, 0.717) is 25.7 Å². The van der Waals surface area contributed by atoms with E-state index in [9.17, 15) is 43.2 Å². The molecule has 0 amide bonds. The highest BCUT2D eigenvalue weighted by Gasteiger charge is 2.30. The van der Waals surface area contributed by atoms with Gasteiger partial charge in [-0.05, 0) is 49.4 Å². The lowest BCUT2D eigenvalue weighted by molar-refractivity contribution is -0.161. The molecule has 0 aliphatic heterocycles. The highest BCUT2D eigenvalue weighted by Crippen LogP contribution is 2.45. The predicted molar refractivity (Wildman–Crippen MR) is 381 cm³/mol. The molecular formula is C75H146O17P2. The van der Waals surface area contributed by atoms with Crippen molar-refractivity contribution in [3.63, 3.8) is 0 Å². The second-order valence-corrected chi connectivity index (χ2v) is 31.6. The molecule has 0 saturated carbocycles. The smallest absolute Gasteiger partial charge is 0.462 e. The first-order chi connectivity index (χ1) is 45.1. The Morgan fingerprint density at radius 3 is 0.755 bits per heavy atom. The zero-order chi connectivity index (χ0) is 69.6. The third kappa shape index (κ3) is 67.3. The molecule has 0 spiro atoms. The molecule has 0 aromatic rings. The summed E-state index contributed by atoms with van der Waals surface area (Å²) >= 11 is 0. The molecule has 0 fully saturated rings. The quantitative estimate of drug-likeness (QED) is 0.0222. The summed E-state index contributed by atoms with van der Waals surface area (Å²) in [4.78, 5) is 72.8. The standard InChI is InChI=1S/C75H146O17P2/c1-9-68(8)54-46-38-33-34-40-48-56-73(78)86-62-71(92-74(79)57-49-41-31-25-19-13-11-16-22-28-36-44-52-66(4)5)64-90-94(83,84)88-60-69(76)59-87-93(81,82)89-63-70(91-75(80)58-50-42-32-26-20-14-17-23-29-37-45-53-67(6)7)61-85-72(77)55-47-39-30-24-18-12-10-15-21-27-35-43-51-65(2)3/h65-71,76H,9-64H2,1-8H3,(H,81,82)(H,83,84)/t68?,69-,70-,71-/m1/s1. The van der Waals surface area contributed by atoms with Gasteiger partial charge in [-0.3, -0.25) is 37.3 Å². The zero-order valence-corrected chi connectivity index (χ0v) is 63.4. The zero-order valence-electron chi connectivity index (χ0n) is 61.6. The van der Waals surface area contributed by atoms with Crippen molar-refractivity contribution in [1.29, 1.82) is 0 Å². The predicted octanol–water partition coefficient (Wildman–Crippen LogP) is 21.7. The van der Waals surface area contributed by atoms with E-state index in [1.54, 1.807) is 0 Å². The Hall–Kier alpha value is -1.94. The number of phosphoric acid groups is 2. The second-order valence-electron chi connectivity index (χ2n) is 28.7. The first-order valence-electron chi connectivity index (χ1n) is 38.7. The number of carbonyl (C=O) groups excluding carboxylic acids is 4. The summed E-state index contributed by atoms with van der Waals surface area (Å²) < 4.78 is 68.5. The van der Waals surface area contributed by atoms with E-state index in [0.717, 1.165) is 120 Å². The highest BCUT2D eigenvalue weighted by molar-refractivity contribution is 7.47. The maximum absolute atomic E-state index is 13.1. The fourth-order valence-corrected chi connectivity index (χ4v) is 12.9. The highest BCUT2D eigenvalue weighted by atomic mass is 31.2. The molecule has 0 saturated heterocycles. The van der Waals surface area contributed by atoms with E-state index >= 15 is 0 Å². The van der Waals surface area contributed by atoms with E-state index in [2.05, 4.69) is 55.4 Å². The number of carbonyl (C=O) groups is 4. The molecule has 0 aromatic carbocycles. The molecule has 0 aliphatic rings. The van der Waals surface area contributed by atoms with E-state index in [1.165, 1.54) is 173 Å². The van der Waals surface area contributed by atoms with Gasteiger partial charge in [-0.2, -0.15) is 0 Å². The van der Waals surface area contributed by atoms with Gasteiger partial charge in [0, 0.05) is 25.7 Å². The first kappa shape index (κ1) is 92.1. The van der Waals surface area contributed by atoms with Crippen LogP contribution in [0.25, 0.3) is 0 Å². The molecule has 558 valence electrons. The molecule has 94 heavy (non-hydrogen) atoms. The van der Waals surface area contributed by atoms with E-state index in [4.69, 9.17) is 37.0 Å². The first-order valence-corrected chi connectivity index (χ1v) is 41.7. The van der Waals surface area contributed by atoms with E-state index in [-0.39, 0.29) is 25.7 Å². The van der Waals surface area contributed by atoms with Gasteiger partial charge in [-0.15, -0.1) is 0 Å². The number of unbranched alkanes of at least 4 members (excludes halogenated alkanes) is 37. The summed E-state index contributed by atoms with van der Waals surface area (Å²) in [6.45, 7) is 14.2. The molecule has 0 aliphatic carbocycles. The lowest BCUT2D eigenvalue weighted by Crippen LogP contribution is -2.30. The topological polar surface area (TPSA) is 237 Å². The van der Waals surface area contributed by atoms with E-state index in [1.807, 2.05) is 0 Å². The second kappa shape index (κ2) is 64.4. The molecule has 19 heteroatoms. The van der Waals surface area contributed by atoms with Crippen LogP contribution in [0.2, 0.25) is 0 Å². The Labute approximate surface area is 575 Å². The van der Waals surface area contributed by atoms with Crippen LogP contribution in [0.1, 0.15) is 376 Å². The number of aliphatic hydroxyl groups is 1. The minimum atomic E-state index is -4.96. The molecule has 3 unspecified atom stereocenters. The van der Waals surface area contributed by atoms with Crippen LogP contribution in [-0.4, -0.2) is 96.7 Å². The van der Waals surface area contributed by atoms with E-state index < -0.39 is 97.5 Å². The molecule has 6 atom stereocenters. The van der Waals surface area contributed by atoms with Crippen LogP contribution in [-0.2, 0) is 65.4 Å². The van der Waals surface area contributed by atoms with Gasteiger partial charge in [0.25, 0.3) is 0 Å². The SMILES string of the molecule is CCC(C)CCCCCCCCC(=O)OC[C@H](COP(=O)(O)OC[C@H](O)COP(=O)(O)OC[C@@H](COC(=O)CCCCCCCCCCCCCCC(C)C)OC(=O)CCCCCCCCCCCCCC(C)C)OC(=O)CCCCCCCCCCCCCCC(C)C. The fraction of sp³-hybridized carbons (Fsp3) is 0.947. The number of hydrogen-bond acceptors (Lipinski definition) is 15. The molecular weight excluding hydrogens is 1230 g/mol. The van der Waals surface area contributed by atoms with Crippen LogP contribution in [0.15, 0.2) is 0 Å². The van der Waals surface area contributed by atoms with Crippen molar-refractivity contribution in [2.75, 3.05) is 39.6 Å². The Balaban J connectivity index is 5.26. The number of hydrogen-bond donors (Lipinski definition) is 3. The molecule has 0 radical (unpaired) electrons. The fourth-order valence-electron chi connectivity index (χ4n) is 11.3. The average molecular weight is 1380 g/mol. The minimum absolute atomic E-state index is 0.105. The van der Waals surface area contributed by atoms with Gasteiger partial charge in [-0.1, -0.05) is 325 Å². The van der Waals surface area contributed by atoms with Crippen molar-refractivity contribution in [1.82, 2.24) is 0 Å². The number of rotatable bonds is 72. The Bertz CT molecular complexity index is 1850. The number of phosphoric ester groups is 2. The number of aliphatic hydroxyl groups excluding tert-OH is 1. The van der Waals surface area contributed by atoms with Crippen LogP contribution in [0.3, 0.4) is 0 Å². The largest absolute Gasteiger partial charge is 0.472 e. The van der Waals surface area contributed by atoms with Gasteiger partial charge in [0.1, 0.15) is 19.3 Å².